The topological polar surface area (TPSA) is 21.3 Å². The molecule has 1 atom stereocenters. The highest BCUT2D eigenvalue weighted by Gasteiger charge is 2.15. The van der Waals surface area contributed by atoms with Gasteiger partial charge in [-0.3, -0.25) is 0 Å². The van der Waals surface area contributed by atoms with Crippen molar-refractivity contribution in [3.63, 3.8) is 0 Å². The third-order valence-corrected chi connectivity index (χ3v) is 4.13. The van der Waals surface area contributed by atoms with E-state index in [-0.39, 0.29) is 12.1 Å². The molecular formula is C18H25NOS. The molecule has 1 N–H and O–H groups in total. The minimum absolute atomic E-state index is 0.200. The van der Waals surface area contributed by atoms with Crippen LogP contribution in [-0.2, 0) is 0 Å². The second-order valence-electron chi connectivity index (χ2n) is 5.62. The lowest BCUT2D eigenvalue weighted by Gasteiger charge is -2.19. The lowest BCUT2D eigenvalue weighted by atomic mass is 10.0. The standard InChI is InChI=1S/C18H25NOS/c1-5-9-19-18(16-10-14(4)21-12-16)15-7-6-8-17(11-15)20-13(2)3/h6-8,10-13,18-19H,5,9H2,1-4H3. The molecular weight excluding hydrogens is 278 g/mol. The van der Waals surface area contributed by atoms with Crippen LogP contribution in [0.25, 0.3) is 0 Å². The molecule has 3 heteroatoms. The normalized spacial score (nSPS) is 12.6. The molecule has 0 bridgehead atoms. The van der Waals surface area contributed by atoms with Gasteiger partial charge in [-0.15, -0.1) is 11.3 Å². The highest BCUT2D eigenvalue weighted by Crippen LogP contribution is 2.28. The van der Waals surface area contributed by atoms with Crippen molar-refractivity contribution in [2.45, 2.75) is 46.3 Å². The molecule has 21 heavy (non-hydrogen) atoms. The van der Waals surface area contributed by atoms with Crippen molar-refractivity contribution in [3.8, 4) is 5.75 Å². The van der Waals surface area contributed by atoms with E-state index in [9.17, 15) is 0 Å². The Balaban J connectivity index is 2.27. The molecule has 0 saturated heterocycles. The second kappa shape index (κ2) is 7.62. The van der Waals surface area contributed by atoms with E-state index < -0.39 is 0 Å². The van der Waals surface area contributed by atoms with Gasteiger partial charge in [0.15, 0.2) is 0 Å². The summed E-state index contributed by atoms with van der Waals surface area (Å²) in [6.45, 7) is 9.48. The molecule has 0 saturated carbocycles. The van der Waals surface area contributed by atoms with Gasteiger partial charge in [0.05, 0.1) is 12.1 Å². The maximum Gasteiger partial charge on any atom is 0.120 e. The summed E-state index contributed by atoms with van der Waals surface area (Å²) in [5.41, 5.74) is 2.60. The third kappa shape index (κ3) is 4.58. The van der Waals surface area contributed by atoms with Crippen LogP contribution >= 0.6 is 11.3 Å². The largest absolute Gasteiger partial charge is 0.491 e. The first-order valence-electron chi connectivity index (χ1n) is 7.65. The molecule has 0 fully saturated rings. The van der Waals surface area contributed by atoms with Gasteiger partial charge in [-0.1, -0.05) is 19.1 Å². The average Bonchev–Trinajstić information content (AvgIpc) is 2.85. The number of hydrogen-bond donors (Lipinski definition) is 1. The number of hydrogen-bond acceptors (Lipinski definition) is 3. The number of rotatable bonds is 7. The number of nitrogens with one attached hydrogen (secondary N) is 1. The maximum atomic E-state index is 5.83. The Morgan fingerprint density at radius 3 is 2.62 bits per heavy atom. The van der Waals surface area contributed by atoms with Crippen molar-refractivity contribution in [2.75, 3.05) is 6.54 Å². The summed E-state index contributed by atoms with van der Waals surface area (Å²) in [6, 6.07) is 10.9. The first kappa shape index (κ1) is 16.1. The van der Waals surface area contributed by atoms with Gasteiger partial charge in [-0.25, -0.2) is 0 Å². The molecule has 2 rings (SSSR count). The Morgan fingerprint density at radius 1 is 1.19 bits per heavy atom. The van der Waals surface area contributed by atoms with Crippen LogP contribution in [0.1, 0.15) is 49.2 Å². The molecule has 0 aliphatic rings. The zero-order chi connectivity index (χ0) is 15.2. The SMILES string of the molecule is CCCNC(c1cccc(OC(C)C)c1)c1csc(C)c1. The van der Waals surface area contributed by atoms with Crippen LogP contribution in [0.5, 0.6) is 5.75 Å². The highest BCUT2D eigenvalue weighted by atomic mass is 32.1. The minimum Gasteiger partial charge on any atom is -0.491 e. The fraction of sp³-hybridized carbons (Fsp3) is 0.444. The predicted octanol–water partition coefficient (Wildman–Crippen LogP) is 4.93. The maximum absolute atomic E-state index is 5.83. The molecule has 2 nitrogen and oxygen atoms in total. The van der Waals surface area contributed by atoms with Crippen molar-refractivity contribution in [1.82, 2.24) is 5.32 Å². The van der Waals surface area contributed by atoms with Crippen molar-refractivity contribution < 1.29 is 4.74 Å². The molecule has 1 heterocycles. The van der Waals surface area contributed by atoms with E-state index in [2.05, 4.69) is 62.7 Å². The molecule has 2 aromatic rings. The van der Waals surface area contributed by atoms with E-state index in [0.29, 0.717) is 0 Å². The predicted molar refractivity (Wildman–Crippen MR) is 91.4 cm³/mol. The Hall–Kier alpha value is -1.32. The molecule has 0 aliphatic carbocycles. The van der Waals surface area contributed by atoms with Gasteiger partial charge in [0.25, 0.3) is 0 Å². The number of thiophene rings is 1. The summed E-state index contributed by atoms with van der Waals surface area (Å²) < 4.78 is 5.83. The van der Waals surface area contributed by atoms with Gasteiger partial charge in [0.2, 0.25) is 0 Å². The van der Waals surface area contributed by atoms with E-state index in [1.165, 1.54) is 16.0 Å². The van der Waals surface area contributed by atoms with Crippen LogP contribution in [0, 0.1) is 6.92 Å². The number of aryl methyl sites for hydroxylation is 1. The van der Waals surface area contributed by atoms with Crippen LogP contribution in [0.2, 0.25) is 0 Å². The third-order valence-electron chi connectivity index (χ3n) is 3.25. The van der Waals surface area contributed by atoms with Gasteiger partial charge in [-0.05, 0) is 68.4 Å². The molecule has 1 aromatic carbocycles. The van der Waals surface area contributed by atoms with Gasteiger partial charge < -0.3 is 10.1 Å². The molecule has 1 aromatic heterocycles. The Morgan fingerprint density at radius 2 is 2.00 bits per heavy atom. The number of benzene rings is 1. The number of ether oxygens (including phenoxy) is 1. The molecule has 0 amide bonds. The molecule has 0 spiro atoms. The molecule has 0 radical (unpaired) electrons. The van der Waals surface area contributed by atoms with Crippen molar-refractivity contribution in [2.24, 2.45) is 0 Å². The lowest BCUT2D eigenvalue weighted by Crippen LogP contribution is -2.22. The molecule has 0 aliphatic heterocycles. The van der Waals surface area contributed by atoms with Crippen LogP contribution < -0.4 is 10.1 Å². The van der Waals surface area contributed by atoms with Crippen molar-refractivity contribution >= 4 is 11.3 Å². The fourth-order valence-corrected chi connectivity index (χ4v) is 3.10. The first-order chi connectivity index (χ1) is 10.1. The van der Waals surface area contributed by atoms with Gasteiger partial charge in [0, 0.05) is 4.88 Å². The van der Waals surface area contributed by atoms with E-state index >= 15 is 0 Å². The van der Waals surface area contributed by atoms with Crippen LogP contribution in [0.4, 0.5) is 0 Å². The fourth-order valence-electron chi connectivity index (χ4n) is 2.37. The Labute approximate surface area is 132 Å². The zero-order valence-electron chi connectivity index (χ0n) is 13.3. The smallest absolute Gasteiger partial charge is 0.120 e. The lowest BCUT2D eigenvalue weighted by molar-refractivity contribution is 0.242. The van der Waals surface area contributed by atoms with Crippen LogP contribution in [0.15, 0.2) is 35.7 Å². The quantitative estimate of drug-likeness (QED) is 0.783. The van der Waals surface area contributed by atoms with Gasteiger partial charge >= 0.3 is 0 Å². The summed E-state index contributed by atoms with van der Waals surface area (Å²) >= 11 is 1.80. The van der Waals surface area contributed by atoms with E-state index in [4.69, 9.17) is 4.74 Å². The Bertz CT molecular complexity index is 562. The van der Waals surface area contributed by atoms with Gasteiger partial charge in [-0.2, -0.15) is 0 Å². The van der Waals surface area contributed by atoms with Crippen molar-refractivity contribution in [1.29, 1.82) is 0 Å². The average molecular weight is 303 g/mol. The van der Waals surface area contributed by atoms with E-state index in [1.807, 2.05) is 6.07 Å². The van der Waals surface area contributed by atoms with Gasteiger partial charge in [0.1, 0.15) is 5.75 Å². The van der Waals surface area contributed by atoms with E-state index in [1.54, 1.807) is 11.3 Å². The molecule has 114 valence electrons. The monoisotopic (exact) mass is 303 g/mol. The van der Waals surface area contributed by atoms with E-state index in [0.717, 1.165) is 18.7 Å². The minimum atomic E-state index is 0.200. The molecule has 1 unspecified atom stereocenters. The van der Waals surface area contributed by atoms with Crippen molar-refractivity contribution in [3.05, 3.63) is 51.7 Å². The summed E-state index contributed by atoms with van der Waals surface area (Å²) in [6.07, 6.45) is 1.33. The Kier molecular flexibility index (Phi) is 5.83. The summed E-state index contributed by atoms with van der Waals surface area (Å²) in [4.78, 5) is 1.35. The highest BCUT2D eigenvalue weighted by molar-refractivity contribution is 7.10. The summed E-state index contributed by atoms with van der Waals surface area (Å²) in [7, 11) is 0. The summed E-state index contributed by atoms with van der Waals surface area (Å²) in [5, 5.41) is 5.90. The van der Waals surface area contributed by atoms with Crippen LogP contribution in [0.3, 0.4) is 0 Å². The first-order valence-corrected chi connectivity index (χ1v) is 8.53. The van der Waals surface area contributed by atoms with Crippen LogP contribution in [-0.4, -0.2) is 12.6 Å². The second-order valence-corrected chi connectivity index (χ2v) is 6.73. The zero-order valence-corrected chi connectivity index (χ0v) is 14.2. The summed E-state index contributed by atoms with van der Waals surface area (Å²) in [5.74, 6) is 0.942.